The zero-order valence-electron chi connectivity index (χ0n) is 15.7. The van der Waals surface area contributed by atoms with Crippen molar-refractivity contribution in [1.82, 2.24) is 19.9 Å². The van der Waals surface area contributed by atoms with E-state index in [2.05, 4.69) is 30.8 Å². The molecule has 2 aromatic heterocycles. The van der Waals surface area contributed by atoms with Crippen LogP contribution in [0.2, 0.25) is 0 Å². The SMILES string of the molecule is N#Cc1cccc(C(N2CCN(c3ncnc4[nH]ccc34)CC23CC3)[SH](=O)=O)c1. The van der Waals surface area contributed by atoms with E-state index in [0.29, 0.717) is 24.2 Å². The summed E-state index contributed by atoms with van der Waals surface area (Å²) in [6.45, 7) is 2.01. The number of hydrogen-bond acceptors (Lipinski definition) is 7. The number of H-pyrrole nitrogens is 1. The van der Waals surface area contributed by atoms with E-state index < -0.39 is 16.1 Å². The smallest absolute Gasteiger partial charge is 0.160 e. The number of piperazine rings is 1. The van der Waals surface area contributed by atoms with Gasteiger partial charge in [-0.05, 0) is 36.6 Å². The zero-order chi connectivity index (χ0) is 20.0. The minimum atomic E-state index is -2.72. The summed E-state index contributed by atoms with van der Waals surface area (Å²) in [6, 6.07) is 11.0. The highest BCUT2D eigenvalue weighted by Gasteiger charge is 2.54. The summed E-state index contributed by atoms with van der Waals surface area (Å²) in [7, 11) is -2.72. The first-order chi connectivity index (χ1) is 14.1. The fraction of sp³-hybridized carbons (Fsp3) is 0.350. The quantitative estimate of drug-likeness (QED) is 0.634. The minimum Gasteiger partial charge on any atom is -0.353 e. The van der Waals surface area contributed by atoms with Crippen LogP contribution in [0.5, 0.6) is 0 Å². The molecule has 148 valence electrons. The van der Waals surface area contributed by atoms with Gasteiger partial charge in [0.15, 0.2) is 10.7 Å². The summed E-state index contributed by atoms with van der Waals surface area (Å²) in [6.07, 6.45) is 5.31. The lowest BCUT2D eigenvalue weighted by Gasteiger charge is -2.45. The molecule has 0 bridgehead atoms. The Bertz CT molecular complexity index is 1180. The van der Waals surface area contributed by atoms with E-state index >= 15 is 0 Å². The Kier molecular flexibility index (Phi) is 4.26. The summed E-state index contributed by atoms with van der Waals surface area (Å²) >= 11 is 0. The number of aromatic nitrogens is 3. The molecule has 2 aliphatic rings. The number of anilines is 1. The van der Waals surface area contributed by atoms with Crippen molar-refractivity contribution in [1.29, 1.82) is 5.26 Å². The van der Waals surface area contributed by atoms with E-state index in [1.54, 1.807) is 30.6 Å². The Morgan fingerprint density at radius 3 is 2.83 bits per heavy atom. The molecule has 29 heavy (non-hydrogen) atoms. The molecule has 8 nitrogen and oxygen atoms in total. The zero-order valence-corrected chi connectivity index (χ0v) is 16.5. The van der Waals surface area contributed by atoms with Crippen molar-refractivity contribution in [2.75, 3.05) is 24.5 Å². The van der Waals surface area contributed by atoms with Gasteiger partial charge >= 0.3 is 0 Å². The molecule has 0 amide bonds. The molecule has 3 aromatic rings. The van der Waals surface area contributed by atoms with Crippen LogP contribution in [0.3, 0.4) is 0 Å². The lowest BCUT2D eigenvalue weighted by Crippen LogP contribution is -2.56. The van der Waals surface area contributed by atoms with Gasteiger partial charge in [0.2, 0.25) is 0 Å². The maximum absolute atomic E-state index is 12.3. The summed E-state index contributed by atoms with van der Waals surface area (Å²) in [5.74, 6) is 0.886. The highest BCUT2D eigenvalue weighted by atomic mass is 32.2. The van der Waals surface area contributed by atoms with Crippen molar-refractivity contribution in [2.24, 2.45) is 0 Å². The lowest BCUT2D eigenvalue weighted by atomic mass is 10.1. The standard InChI is InChI=1S/C20H20N6O2S/c21-11-14-2-1-3-15(10-14)19(29(27)28)26-9-8-25(12-20(26)5-6-20)18-16-4-7-22-17(16)23-13-24-18/h1-4,7,10,13,19,29H,5-6,8-9,12H2,(H,22,23,24). The number of rotatable bonds is 4. The first kappa shape index (κ1) is 18.1. The molecule has 2 fully saturated rings. The van der Waals surface area contributed by atoms with Gasteiger partial charge in [-0.2, -0.15) is 5.26 Å². The topological polar surface area (TPSA) is 106 Å². The Morgan fingerprint density at radius 2 is 2.07 bits per heavy atom. The number of nitriles is 1. The second kappa shape index (κ2) is 6.83. The van der Waals surface area contributed by atoms with Gasteiger partial charge < -0.3 is 9.88 Å². The number of thiol groups is 1. The molecule has 1 aromatic carbocycles. The first-order valence-electron chi connectivity index (χ1n) is 9.55. The average molecular weight is 408 g/mol. The van der Waals surface area contributed by atoms with E-state index in [9.17, 15) is 13.7 Å². The van der Waals surface area contributed by atoms with Crippen LogP contribution in [0, 0.1) is 11.3 Å². The van der Waals surface area contributed by atoms with E-state index in [0.717, 1.165) is 36.2 Å². The molecule has 1 aliphatic carbocycles. The molecular formula is C20H20N6O2S. The predicted molar refractivity (Wildman–Crippen MR) is 109 cm³/mol. The third-order valence-electron chi connectivity index (χ3n) is 5.97. The van der Waals surface area contributed by atoms with Crippen LogP contribution < -0.4 is 4.90 Å². The lowest BCUT2D eigenvalue weighted by molar-refractivity contribution is 0.140. The third kappa shape index (κ3) is 3.05. The van der Waals surface area contributed by atoms with Gasteiger partial charge in [-0.15, -0.1) is 0 Å². The van der Waals surface area contributed by atoms with E-state index in [-0.39, 0.29) is 5.54 Å². The molecule has 1 saturated carbocycles. The molecule has 1 aliphatic heterocycles. The van der Waals surface area contributed by atoms with Crippen molar-refractivity contribution in [3.05, 3.63) is 54.0 Å². The normalized spacial score (nSPS) is 19.5. The van der Waals surface area contributed by atoms with E-state index in [1.165, 1.54) is 0 Å². The largest absolute Gasteiger partial charge is 0.353 e. The summed E-state index contributed by atoms with van der Waals surface area (Å²) in [4.78, 5) is 16.2. The van der Waals surface area contributed by atoms with Crippen LogP contribution >= 0.6 is 0 Å². The van der Waals surface area contributed by atoms with Gasteiger partial charge in [0.05, 0.1) is 17.0 Å². The van der Waals surface area contributed by atoms with Crippen LogP contribution in [-0.2, 0) is 10.7 Å². The molecule has 1 saturated heterocycles. The van der Waals surface area contributed by atoms with Crippen LogP contribution in [0.1, 0.15) is 29.3 Å². The minimum absolute atomic E-state index is 0.186. The Morgan fingerprint density at radius 1 is 1.21 bits per heavy atom. The fourth-order valence-corrected chi connectivity index (χ4v) is 5.43. The Labute approximate surface area is 169 Å². The maximum Gasteiger partial charge on any atom is 0.160 e. The van der Waals surface area contributed by atoms with Crippen LogP contribution in [0.15, 0.2) is 42.9 Å². The number of benzene rings is 1. The molecule has 1 atom stereocenters. The van der Waals surface area contributed by atoms with Crippen molar-refractivity contribution in [3.63, 3.8) is 0 Å². The second-order valence-electron chi connectivity index (χ2n) is 7.67. The average Bonchev–Trinajstić information content (AvgIpc) is 3.32. The molecule has 9 heteroatoms. The molecule has 3 heterocycles. The molecule has 5 rings (SSSR count). The summed E-state index contributed by atoms with van der Waals surface area (Å²) in [5, 5.41) is 9.46. The van der Waals surface area contributed by atoms with Crippen molar-refractivity contribution in [3.8, 4) is 6.07 Å². The second-order valence-corrected chi connectivity index (χ2v) is 8.73. The van der Waals surface area contributed by atoms with E-state index in [4.69, 9.17) is 0 Å². The van der Waals surface area contributed by atoms with Gasteiger partial charge in [-0.25, -0.2) is 18.4 Å². The van der Waals surface area contributed by atoms with Gasteiger partial charge in [0, 0.05) is 31.4 Å². The van der Waals surface area contributed by atoms with Crippen LogP contribution in [0.4, 0.5) is 5.82 Å². The third-order valence-corrected chi connectivity index (χ3v) is 6.95. The first-order valence-corrected chi connectivity index (χ1v) is 10.8. The van der Waals surface area contributed by atoms with Crippen LogP contribution in [-0.4, -0.2) is 53.4 Å². The molecule has 1 spiro atoms. The number of nitrogens with one attached hydrogen (secondary N) is 1. The maximum atomic E-state index is 12.3. The Hall–Kier alpha value is -2.96. The number of hydrogen-bond donors (Lipinski definition) is 2. The number of aromatic amines is 1. The van der Waals surface area contributed by atoms with Gasteiger partial charge in [0.25, 0.3) is 0 Å². The highest BCUT2D eigenvalue weighted by molar-refractivity contribution is 7.72. The number of fused-ring (bicyclic) bond motifs is 1. The van der Waals surface area contributed by atoms with Crippen molar-refractivity contribution < 1.29 is 8.42 Å². The van der Waals surface area contributed by atoms with Crippen LogP contribution in [0.25, 0.3) is 11.0 Å². The summed E-state index contributed by atoms with van der Waals surface area (Å²) < 4.78 is 24.6. The fourth-order valence-electron chi connectivity index (χ4n) is 4.44. The highest BCUT2D eigenvalue weighted by Crippen LogP contribution is 2.49. The number of nitrogens with zero attached hydrogens (tertiary/aromatic N) is 5. The van der Waals surface area contributed by atoms with Gasteiger partial charge in [-0.3, -0.25) is 4.90 Å². The van der Waals surface area contributed by atoms with Crippen molar-refractivity contribution in [2.45, 2.75) is 23.8 Å². The summed E-state index contributed by atoms with van der Waals surface area (Å²) in [5.41, 5.74) is 1.75. The predicted octanol–water partition coefficient (Wildman–Crippen LogP) is 1.79. The van der Waals surface area contributed by atoms with E-state index in [1.807, 2.05) is 12.3 Å². The van der Waals surface area contributed by atoms with Gasteiger partial charge in [0.1, 0.15) is 23.2 Å². The molecule has 1 N–H and O–H groups in total. The van der Waals surface area contributed by atoms with Gasteiger partial charge in [-0.1, -0.05) is 12.1 Å². The Balaban J connectivity index is 1.47. The van der Waals surface area contributed by atoms with Crippen molar-refractivity contribution >= 4 is 27.6 Å². The monoisotopic (exact) mass is 408 g/mol. The molecule has 1 unspecified atom stereocenters. The molecular weight excluding hydrogens is 388 g/mol. The molecule has 0 radical (unpaired) electrons.